The topological polar surface area (TPSA) is 43.9 Å². The Labute approximate surface area is 173 Å². The SMILES string of the molecule is Cl.O=C1C2CC=CCC2C(=O)N1CCCN1CCN(Cc2ccccc2)CC1. The van der Waals surface area contributed by atoms with Crippen molar-refractivity contribution >= 4 is 24.2 Å². The summed E-state index contributed by atoms with van der Waals surface area (Å²) >= 11 is 0. The van der Waals surface area contributed by atoms with E-state index in [1.807, 2.05) is 12.2 Å². The molecule has 0 bridgehead atoms. The molecule has 1 aliphatic carbocycles. The van der Waals surface area contributed by atoms with Crippen LogP contribution in [-0.2, 0) is 16.1 Å². The first kappa shape index (κ1) is 21.0. The quantitative estimate of drug-likeness (QED) is 0.541. The fraction of sp³-hybridized carbons (Fsp3) is 0.545. The van der Waals surface area contributed by atoms with Crippen LogP contribution < -0.4 is 0 Å². The fourth-order valence-electron chi connectivity index (χ4n) is 4.55. The van der Waals surface area contributed by atoms with Crippen molar-refractivity contribution in [1.29, 1.82) is 0 Å². The van der Waals surface area contributed by atoms with Gasteiger partial charge >= 0.3 is 0 Å². The smallest absolute Gasteiger partial charge is 0.233 e. The van der Waals surface area contributed by atoms with E-state index in [9.17, 15) is 9.59 Å². The molecule has 28 heavy (non-hydrogen) atoms. The number of carbonyl (C=O) groups excluding carboxylic acids is 2. The first-order chi connectivity index (χ1) is 13.2. The van der Waals surface area contributed by atoms with Gasteiger partial charge in [0, 0.05) is 39.3 Å². The second-order valence-electron chi connectivity index (χ2n) is 7.94. The highest BCUT2D eigenvalue weighted by atomic mass is 35.5. The van der Waals surface area contributed by atoms with E-state index in [-0.39, 0.29) is 36.1 Å². The monoisotopic (exact) mass is 403 g/mol. The predicted molar refractivity (Wildman–Crippen MR) is 112 cm³/mol. The molecular weight excluding hydrogens is 374 g/mol. The van der Waals surface area contributed by atoms with E-state index in [2.05, 4.69) is 40.1 Å². The lowest BCUT2D eigenvalue weighted by atomic mass is 9.85. The van der Waals surface area contributed by atoms with Crippen molar-refractivity contribution in [3.63, 3.8) is 0 Å². The van der Waals surface area contributed by atoms with Gasteiger partial charge in [0.25, 0.3) is 0 Å². The molecule has 2 atom stereocenters. The van der Waals surface area contributed by atoms with Crippen molar-refractivity contribution < 1.29 is 9.59 Å². The maximum Gasteiger partial charge on any atom is 0.233 e. The van der Waals surface area contributed by atoms with Crippen LogP contribution in [0.25, 0.3) is 0 Å². The number of hydrogen-bond acceptors (Lipinski definition) is 4. The van der Waals surface area contributed by atoms with Gasteiger partial charge in [0.2, 0.25) is 11.8 Å². The Kier molecular flexibility index (Phi) is 7.27. The summed E-state index contributed by atoms with van der Waals surface area (Å²) in [6.45, 7) is 6.83. The van der Waals surface area contributed by atoms with E-state index in [4.69, 9.17) is 0 Å². The Bertz CT molecular complexity index is 675. The van der Waals surface area contributed by atoms with Crippen LogP contribution in [0.1, 0.15) is 24.8 Å². The Morgan fingerprint density at radius 2 is 1.36 bits per heavy atom. The average molecular weight is 404 g/mol. The van der Waals surface area contributed by atoms with Crippen LogP contribution in [0.4, 0.5) is 0 Å². The summed E-state index contributed by atoms with van der Waals surface area (Å²) in [7, 11) is 0. The number of nitrogens with zero attached hydrogens (tertiary/aromatic N) is 3. The van der Waals surface area contributed by atoms with Gasteiger partial charge in [-0.25, -0.2) is 0 Å². The molecule has 5 nitrogen and oxygen atoms in total. The molecule has 6 heteroatoms. The van der Waals surface area contributed by atoms with Gasteiger partial charge in [0.05, 0.1) is 11.8 Å². The molecule has 2 heterocycles. The van der Waals surface area contributed by atoms with Gasteiger partial charge in [-0.05, 0) is 31.4 Å². The number of benzene rings is 1. The molecule has 0 radical (unpaired) electrons. The molecule has 0 aromatic heterocycles. The van der Waals surface area contributed by atoms with E-state index in [1.54, 1.807) is 0 Å². The highest BCUT2D eigenvalue weighted by Crippen LogP contribution is 2.35. The van der Waals surface area contributed by atoms with Gasteiger partial charge in [-0.3, -0.25) is 19.4 Å². The van der Waals surface area contributed by atoms with Crippen LogP contribution >= 0.6 is 12.4 Å². The van der Waals surface area contributed by atoms with E-state index >= 15 is 0 Å². The minimum atomic E-state index is -0.0935. The molecule has 2 saturated heterocycles. The molecule has 0 spiro atoms. The van der Waals surface area contributed by atoms with Crippen molar-refractivity contribution in [2.45, 2.75) is 25.8 Å². The van der Waals surface area contributed by atoms with Crippen LogP contribution in [0.5, 0.6) is 0 Å². The second kappa shape index (κ2) is 9.68. The molecule has 2 amide bonds. The number of amides is 2. The highest BCUT2D eigenvalue weighted by Gasteiger charge is 2.46. The lowest BCUT2D eigenvalue weighted by molar-refractivity contribution is -0.140. The molecule has 2 aliphatic heterocycles. The molecule has 2 unspecified atom stereocenters. The van der Waals surface area contributed by atoms with Gasteiger partial charge in [-0.2, -0.15) is 0 Å². The first-order valence-electron chi connectivity index (χ1n) is 10.2. The number of fused-ring (bicyclic) bond motifs is 1. The summed E-state index contributed by atoms with van der Waals surface area (Å²) in [6, 6.07) is 10.6. The maximum atomic E-state index is 12.5. The van der Waals surface area contributed by atoms with Crippen molar-refractivity contribution in [3.05, 3.63) is 48.0 Å². The van der Waals surface area contributed by atoms with Crippen LogP contribution in [0.2, 0.25) is 0 Å². The number of hydrogen-bond donors (Lipinski definition) is 0. The van der Waals surface area contributed by atoms with E-state index < -0.39 is 0 Å². The van der Waals surface area contributed by atoms with Crippen molar-refractivity contribution in [2.75, 3.05) is 39.3 Å². The Hall–Kier alpha value is -1.69. The summed E-state index contributed by atoms with van der Waals surface area (Å²) < 4.78 is 0. The van der Waals surface area contributed by atoms with Crippen LogP contribution in [0.15, 0.2) is 42.5 Å². The molecular formula is C22H30ClN3O2. The van der Waals surface area contributed by atoms with Gasteiger partial charge < -0.3 is 4.90 Å². The van der Waals surface area contributed by atoms with E-state index in [1.165, 1.54) is 10.5 Å². The molecule has 4 rings (SSSR count). The third-order valence-corrected chi connectivity index (χ3v) is 6.17. The summed E-state index contributed by atoms with van der Waals surface area (Å²) in [4.78, 5) is 31.5. The van der Waals surface area contributed by atoms with Gasteiger partial charge in [0.1, 0.15) is 0 Å². The lowest BCUT2D eigenvalue weighted by Gasteiger charge is -2.35. The molecule has 0 saturated carbocycles. The van der Waals surface area contributed by atoms with Crippen LogP contribution in [0.3, 0.4) is 0 Å². The lowest BCUT2D eigenvalue weighted by Crippen LogP contribution is -2.46. The maximum absolute atomic E-state index is 12.5. The van der Waals surface area contributed by atoms with Gasteiger partial charge in [0.15, 0.2) is 0 Å². The minimum absolute atomic E-state index is 0. The number of halogens is 1. The minimum Gasteiger partial charge on any atom is -0.301 e. The third kappa shape index (κ3) is 4.65. The molecule has 0 N–H and O–H groups in total. The predicted octanol–water partition coefficient (Wildman–Crippen LogP) is 2.57. The summed E-state index contributed by atoms with van der Waals surface area (Å²) in [5, 5.41) is 0. The Balaban J connectivity index is 0.00000225. The number of allylic oxidation sites excluding steroid dienone is 2. The van der Waals surface area contributed by atoms with Crippen molar-refractivity contribution in [3.8, 4) is 0 Å². The molecule has 2 fully saturated rings. The van der Waals surface area contributed by atoms with Crippen LogP contribution in [0, 0.1) is 11.8 Å². The standard InChI is InChI=1S/C22H29N3O2.ClH/c26-21-19-9-4-5-10-20(19)22(27)25(21)12-6-11-23-13-15-24(16-14-23)17-18-7-2-1-3-8-18;/h1-5,7-8,19-20H,6,9-17H2;1H. The zero-order chi connectivity index (χ0) is 18.6. The summed E-state index contributed by atoms with van der Waals surface area (Å²) in [5.74, 6) is -0.0721. The molecule has 152 valence electrons. The molecule has 1 aromatic rings. The molecule has 3 aliphatic rings. The number of carbonyl (C=O) groups is 2. The third-order valence-electron chi connectivity index (χ3n) is 6.17. The van der Waals surface area contributed by atoms with Crippen molar-refractivity contribution in [2.24, 2.45) is 11.8 Å². The Morgan fingerprint density at radius 3 is 1.96 bits per heavy atom. The normalized spacial score (nSPS) is 25.6. The second-order valence-corrected chi connectivity index (χ2v) is 7.94. The van der Waals surface area contributed by atoms with Gasteiger partial charge in [-0.1, -0.05) is 42.5 Å². The zero-order valence-corrected chi connectivity index (χ0v) is 17.2. The van der Waals surface area contributed by atoms with Crippen LogP contribution in [-0.4, -0.2) is 65.8 Å². The van der Waals surface area contributed by atoms with Crippen molar-refractivity contribution in [1.82, 2.24) is 14.7 Å². The fourth-order valence-corrected chi connectivity index (χ4v) is 4.55. The largest absolute Gasteiger partial charge is 0.301 e. The number of likely N-dealkylation sites (tertiary alicyclic amines) is 1. The summed E-state index contributed by atoms with van der Waals surface area (Å²) in [5.41, 5.74) is 1.37. The zero-order valence-electron chi connectivity index (χ0n) is 16.3. The Morgan fingerprint density at radius 1 is 0.786 bits per heavy atom. The first-order valence-corrected chi connectivity index (χ1v) is 10.2. The highest BCUT2D eigenvalue weighted by molar-refractivity contribution is 6.05. The van der Waals surface area contributed by atoms with Gasteiger partial charge in [-0.15, -0.1) is 12.4 Å². The number of rotatable bonds is 6. The number of piperazine rings is 1. The summed E-state index contributed by atoms with van der Waals surface area (Å²) in [6.07, 6.45) is 6.43. The molecule has 1 aromatic carbocycles. The van der Waals surface area contributed by atoms with E-state index in [0.717, 1.165) is 58.5 Å². The number of imide groups is 1. The average Bonchev–Trinajstić information content (AvgIpc) is 2.95. The van der Waals surface area contributed by atoms with E-state index in [0.29, 0.717) is 6.54 Å².